The highest BCUT2D eigenvalue weighted by atomic mass is 19.1. The van der Waals surface area contributed by atoms with E-state index in [2.05, 4.69) is 15.3 Å². The van der Waals surface area contributed by atoms with E-state index in [1.165, 1.54) is 12.1 Å². The molecule has 0 saturated carbocycles. The van der Waals surface area contributed by atoms with Gasteiger partial charge in [0.25, 0.3) is 5.91 Å². The zero-order valence-electron chi connectivity index (χ0n) is 9.90. The molecule has 1 amide bonds. The molecule has 7 heteroatoms. The number of amides is 1. The molecule has 0 aliphatic carbocycles. The smallest absolute Gasteiger partial charge is 0.354 e. The van der Waals surface area contributed by atoms with E-state index in [-0.39, 0.29) is 17.1 Å². The van der Waals surface area contributed by atoms with Gasteiger partial charge in [-0.15, -0.1) is 0 Å². The van der Waals surface area contributed by atoms with Crippen LogP contribution in [0.25, 0.3) is 0 Å². The molecular formula is C12H10FN3O3. The zero-order valence-corrected chi connectivity index (χ0v) is 9.90. The number of H-pyrrole nitrogens is 1. The van der Waals surface area contributed by atoms with Crippen LogP contribution < -0.4 is 5.32 Å². The number of anilines is 1. The van der Waals surface area contributed by atoms with Gasteiger partial charge in [-0.2, -0.15) is 0 Å². The number of aromatic nitrogens is 2. The summed E-state index contributed by atoms with van der Waals surface area (Å²) < 4.78 is 13.5. The first kappa shape index (κ1) is 12.7. The minimum absolute atomic E-state index is 0.0238. The normalized spacial score (nSPS) is 10.2. The lowest BCUT2D eigenvalue weighted by Gasteiger charge is -2.06. The molecule has 3 N–H and O–H groups in total. The lowest BCUT2D eigenvalue weighted by atomic mass is 10.2. The summed E-state index contributed by atoms with van der Waals surface area (Å²) in [6.07, 6.45) is 1.09. The van der Waals surface area contributed by atoms with Gasteiger partial charge in [0.1, 0.15) is 5.82 Å². The molecule has 0 aliphatic rings. The first-order chi connectivity index (χ1) is 8.99. The summed E-state index contributed by atoms with van der Waals surface area (Å²) in [5.41, 5.74) is 0.0977. The van der Waals surface area contributed by atoms with Crippen molar-refractivity contribution in [1.29, 1.82) is 0 Å². The standard InChI is InChI=1S/C12H10FN3O3/c1-6-2-3-7(13)8(4-6)16-11(17)9-10(12(18)19)15-5-14-9/h2-5H,1H3,(H,14,15)(H,16,17)(H,18,19). The highest BCUT2D eigenvalue weighted by Crippen LogP contribution is 2.17. The predicted molar refractivity (Wildman–Crippen MR) is 64.6 cm³/mol. The predicted octanol–water partition coefficient (Wildman–Crippen LogP) is 1.81. The van der Waals surface area contributed by atoms with Gasteiger partial charge >= 0.3 is 5.97 Å². The monoisotopic (exact) mass is 263 g/mol. The van der Waals surface area contributed by atoms with E-state index in [4.69, 9.17) is 5.11 Å². The number of aryl methyl sites for hydroxylation is 1. The summed E-state index contributed by atoms with van der Waals surface area (Å²) in [6.45, 7) is 1.74. The number of imidazole rings is 1. The summed E-state index contributed by atoms with van der Waals surface area (Å²) in [7, 11) is 0. The van der Waals surface area contributed by atoms with E-state index in [9.17, 15) is 14.0 Å². The SMILES string of the molecule is Cc1ccc(F)c(NC(=O)c2nc[nH]c2C(=O)O)c1. The van der Waals surface area contributed by atoms with Crippen molar-refractivity contribution in [2.45, 2.75) is 6.92 Å². The van der Waals surface area contributed by atoms with Crippen LogP contribution in [0.15, 0.2) is 24.5 Å². The lowest BCUT2D eigenvalue weighted by Crippen LogP contribution is -2.17. The molecule has 0 fully saturated rings. The maximum Gasteiger partial charge on any atom is 0.354 e. The van der Waals surface area contributed by atoms with Crippen LogP contribution in [0.4, 0.5) is 10.1 Å². The number of rotatable bonds is 3. The topological polar surface area (TPSA) is 95.1 Å². The van der Waals surface area contributed by atoms with E-state index in [0.29, 0.717) is 0 Å². The van der Waals surface area contributed by atoms with E-state index < -0.39 is 17.7 Å². The fourth-order valence-electron chi connectivity index (χ4n) is 1.55. The number of nitrogens with zero attached hydrogens (tertiary/aromatic N) is 1. The van der Waals surface area contributed by atoms with Crippen LogP contribution >= 0.6 is 0 Å². The first-order valence-corrected chi connectivity index (χ1v) is 5.33. The molecule has 0 aliphatic heterocycles. The second-order valence-corrected chi connectivity index (χ2v) is 3.87. The van der Waals surface area contributed by atoms with Gasteiger partial charge in [0.2, 0.25) is 0 Å². The third-order valence-electron chi connectivity index (χ3n) is 2.44. The largest absolute Gasteiger partial charge is 0.477 e. The molecular weight excluding hydrogens is 253 g/mol. The zero-order chi connectivity index (χ0) is 14.0. The molecule has 0 saturated heterocycles. The minimum Gasteiger partial charge on any atom is -0.477 e. The number of benzene rings is 1. The lowest BCUT2D eigenvalue weighted by molar-refractivity contribution is 0.0686. The third-order valence-corrected chi connectivity index (χ3v) is 2.44. The number of hydrogen-bond acceptors (Lipinski definition) is 3. The van der Waals surface area contributed by atoms with Gasteiger partial charge in [-0.3, -0.25) is 4.79 Å². The van der Waals surface area contributed by atoms with Gasteiger partial charge in [-0.1, -0.05) is 6.07 Å². The Morgan fingerprint density at radius 3 is 2.84 bits per heavy atom. The first-order valence-electron chi connectivity index (χ1n) is 5.33. The fraction of sp³-hybridized carbons (Fsp3) is 0.0833. The Labute approximate surface area is 107 Å². The number of hydrogen-bond donors (Lipinski definition) is 3. The Balaban J connectivity index is 2.28. The Hall–Kier alpha value is -2.70. The van der Waals surface area contributed by atoms with Crippen LogP contribution in [0.5, 0.6) is 0 Å². The Morgan fingerprint density at radius 1 is 1.42 bits per heavy atom. The number of carbonyl (C=O) groups excluding carboxylic acids is 1. The molecule has 0 radical (unpaired) electrons. The van der Waals surface area contributed by atoms with Gasteiger partial charge in [-0.25, -0.2) is 14.2 Å². The number of carbonyl (C=O) groups is 2. The van der Waals surface area contributed by atoms with Crippen molar-refractivity contribution in [2.24, 2.45) is 0 Å². The molecule has 1 aromatic carbocycles. The fourth-order valence-corrected chi connectivity index (χ4v) is 1.55. The number of halogens is 1. The highest BCUT2D eigenvalue weighted by molar-refractivity contribution is 6.08. The van der Waals surface area contributed by atoms with Gasteiger partial charge < -0.3 is 15.4 Å². The molecule has 2 aromatic rings. The van der Waals surface area contributed by atoms with E-state index in [0.717, 1.165) is 11.9 Å². The van der Waals surface area contributed by atoms with Crippen molar-refractivity contribution in [3.63, 3.8) is 0 Å². The van der Waals surface area contributed by atoms with Crippen molar-refractivity contribution in [2.75, 3.05) is 5.32 Å². The van der Waals surface area contributed by atoms with Gasteiger partial charge in [-0.05, 0) is 24.6 Å². The third kappa shape index (κ3) is 2.59. The summed E-state index contributed by atoms with van der Waals surface area (Å²) in [5.74, 6) is -2.71. The maximum atomic E-state index is 13.5. The molecule has 0 atom stereocenters. The molecule has 0 spiro atoms. The quantitative estimate of drug-likeness (QED) is 0.787. The van der Waals surface area contributed by atoms with Crippen LogP contribution in [0.2, 0.25) is 0 Å². The van der Waals surface area contributed by atoms with Crippen molar-refractivity contribution in [1.82, 2.24) is 9.97 Å². The molecule has 2 rings (SSSR count). The molecule has 1 heterocycles. The molecule has 19 heavy (non-hydrogen) atoms. The summed E-state index contributed by atoms with van der Waals surface area (Å²) >= 11 is 0. The average molecular weight is 263 g/mol. The number of aromatic carboxylic acids is 1. The van der Waals surface area contributed by atoms with Crippen LogP contribution in [-0.2, 0) is 0 Å². The van der Waals surface area contributed by atoms with E-state index >= 15 is 0 Å². The number of carboxylic acid groups (broad SMARTS) is 1. The molecule has 1 aromatic heterocycles. The summed E-state index contributed by atoms with van der Waals surface area (Å²) in [4.78, 5) is 28.6. The van der Waals surface area contributed by atoms with E-state index in [1.54, 1.807) is 13.0 Å². The molecule has 6 nitrogen and oxygen atoms in total. The van der Waals surface area contributed by atoms with Crippen molar-refractivity contribution in [3.8, 4) is 0 Å². The van der Waals surface area contributed by atoms with Crippen molar-refractivity contribution in [3.05, 3.63) is 47.3 Å². The maximum absolute atomic E-state index is 13.5. The number of carboxylic acids is 1. The Bertz CT molecular complexity index is 651. The minimum atomic E-state index is -1.31. The summed E-state index contributed by atoms with van der Waals surface area (Å²) in [5, 5.41) is 11.1. The van der Waals surface area contributed by atoms with Crippen LogP contribution in [0.1, 0.15) is 26.5 Å². The van der Waals surface area contributed by atoms with Gasteiger partial charge in [0, 0.05) is 0 Å². The van der Waals surface area contributed by atoms with Crippen LogP contribution in [0, 0.1) is 12.7 Å². The molecule has 98 valence electrons. The van der Waals surface area contributed by atoms with E-state index in [1.807, 2.05) is 0 Å². The molecule has 0 unspecified atom stereocenters. The Kier molecular flexibility index (Phi) is 3.28. The second-order valence-electron chi connectivity index (χ2n) is 3.87. The highest BCUT2D eigenvalue weighted by Gasteiger charge is 2.20. The van der Waals surface area contributed by atoms with Crippen LogP contribution in [-0.4, -0.2) is 27.0 Å². The van der Waals surface area contributed by atoms with Crippen molar-refractivity contribution >= 4 is 17.6 Å². The van der Waals surface area contributed by atoms with Gasteiger partial charge in [0.15, 0.2) is 11.4 Å². The second kappa shape index (κ2) is 4.89. The molecule has 0 bridgehead atoms. The Morgan fingerprint density at radius 2 is 2.16 bits per heavy atom. The number of nitrogens with one attached hydrogen (secondary N) is 2. The van der Waals surface area contributed by atoms with Crippen LogP contribution in [0.3, 0.4) is 0 Å². The van der Waals surface area contributed by atoms with Crippen molar-refractivity contribution < 1.29 is 19.1 Å². The summed E-state index contributed by atoms with van der Waals surface area (Å²) in [6, 6.07) is 4.22. The number of aromatic amines is 1. The van der Waals surface area contributed by atoms with Gasteiger partial charge in [0.05, 0.1) is 12.0 Å². The average Bonchev–Trinajstić information content (AvgIpc) is 2.83.